The molecule has 1 amide bonds. The highest BCUT2D eigenvalue weighted by Gasteiger charge is 2.30. The Morgan fingerprint density at radius 1 is 1.00 bits per heavy atom. The smallest absolute Gasteiger partial charge is 0.265 e. The van der Waals surface area contributed by atoms with Gasteiger partial charge in [0.05, 0.1) is 5.02 Å². The largest absolute Gasteiger partial charge is 0.486 e. The Morgan fingerprint density at radius 3 is 2.50 bits per heavy atom. The Kier molecular flexibility index (Phi) is 5.13. The number of piperidine rings is 1. The fourth-order valence-corrected chi connectivity index (χ4v) is 5.55. The zero-order chi connectivity index (χ0) is 20.7. The van der Waals surface area contributed by atoms with Crippen LogP contribution >= 0.6 is 22.9 Å². The second-order valence-electron chi connectivity index (χ2n) is 7.53. The molecule has 1 aromatic heterocycles. The van der Waals surface area contributed by atoms with E-state index in [0.717, 1.165) is 10.1 Å². The molecule has 0 unspecified atom stereocenters. The van der Waals surface area contributed by atoms with Gasteiger partial charge in [-0.3, -0.25) is 9.59 Å². The molecule has 0 saturated carbocycles. The van der Waals surface area contributed by atoms with Crippen LogP contribution in [0.5, 0.6) is 11.5 Å². The van der Waals surface area contributed by atoms with Crippen LogP contribution in [-0.4, -0.2) is 42.9 Å². The third kappa shape index (κ3) is 3.44. The number of rotatable bonds is 3. The summed E-state index contributed by atoms with van der Waals surface area (Å²) in [6.07, 6.45) is 1.28. The van der Waals surface area contributed by atoms with Crippen molar-refractivity contribution in [3.63, 3.8) is 0 Å². The van der Waals surface area contributed by atoms with Gasteiger partial charge in [0.2, 0.25) is 0 Å². The van der Waals surface area contributed by atoms with Crippen molar-refractivity contribution in [2.45, 2.75) is 12.8 Å². The molecular formula is C23H20ClNO4S. The summed E-state index contributed by atoms with van der Waals surface area (Å²) >= 11 is 7.90. The molecule has 5 rings (SSSR count). The van der Waals surface area contributed by atoms with E-state index in [0.29, 0.717) is 66.1 Å². The molecule has 1 fully saturated rings. The van der Waals surface area contributed by atoms with Crippen LogP contribution in [0, 0.1) is 5.92 Å². The molecule has 5 nitrogen and oxygen atoms in total. The molecule has 0 radical (unpaired) electrons. The highest BCUT2D eigenvalue weighted by atomic mass is 35.5. The number of amides is 1. The first-order valence-electron chi connectivity index (χ1n) is 10.0. The van der Waals surface area contributed by atoms with Crippen LogP contribution in [0.2, 0.25) is 5.02 Å². The molecular weight excluding hydrogens is 422 g/mol. The summed E-state index contributed by atoms with van der Waals surface area (Å²) < 4.78 is 12.1. The minimum absolute atomic E-state index is 0.0496. The van der Waals surface area contributed by atoms with Gasteiger partial charge in [-0.2, -0.15) is 0 Å². The van der Waals surface area contributed by atoms with Gasteiger partial charge < -0.3 is 14.4 Å². The number of ether oxygens (including phenoxy) is 2. The van der Waals surface area contributed by atoms with E-state index in [-0.39, 0.29) is 17.6 Å². The van der Waals surface area contributed by atoms with Crippen molar-refractivity contribution in [1.82, 2.24) is 4.90 Å². The van der Waals surface area contributed by atoms with Crippen LogP contribution in [0.1, 0.15) is 32.9 Å². The molecule has 0 atom stereocenters. The van der Waals surface area contributed by atoms with Crippen LogP contribution in [0.25, 0.3) is 10.1 Å². The van der Waals surface area contributed by atoms with E-state index in [4.69, 9.17) is 21.1 Å². The quantitative estimate of drug-likeness (QED) is 0.533. The van der Waals surface area contributed by atoms with Gasteiger partial charge in [-0.15, -0.1) is 11.3 Å². The average Bonchev–Trinajstić information content (AvgIpc) is 3.14. The van der Waals surface area contributed by atoms with Gasteiger partial charge >= 0.3 is 0 Å². The summed E-state index contributed by atoms with van der Waals surface area (Å²) in [5.74, 6) is 1.25. The monoisotopic (exact) mass is 441 g/mol. The van der Waals surface area contributed by atoms with Crippen molar-refractivity contribution in [3.8, 4) is 11.5 Å². The summed E-state index contributed by atoms with van der Waals surface area (Å²) in [6, 6.07) is 13.1. The van der Waals surface area contributed by atoms with Gasteiger partial charge in [0.1, 0.15) is 18.1 Å². The number of benzene rings is 2. The van der Waals surface area contributed by atoms with Crippen molar-refractivity contribution in [2.75, 3.05) is 26.3 Å². The van der Waals surface area contributed by atoms with E-state index >= 15 is 0 Å². The second kappa shape index (κ2) is 7.93. The fraction of sp³-hybridized carbons (Fsp3) is 0.304. The summed E-state index contributed by atoms with van der Waals surface area (Å²) in [5.41, 5.74) is 0.636. The van der Waals surface area contributed by atoms with Crippen molar-refractivity contribution in [2.24, 2.45) is 5.92 Å². The molecule has 2 aliphatic heterocycles. The van der Waals surface area contributed by atoms with E-state index in [9.17, 15) is 9.59 Å². The molecule has 7 heteroatoms. The van der Waals surface area contributed by atoms with E-state index in [1.807, 2.05) is 29.2 Å². The fourth-order valence-electron chi connectivity index (χ4n) is 4.07. The number of carbonyl (C=O) groups excluding carboxylic acids is 2. The van der Waals surface area contributed by atoms with Gasteiger partial charge in [-0.25, -0.2) is 0 Å². The number of nitrogens with zero attached hydrogens (tertiary/aromatic N) is 1. The van der Waals surface area contributed by atoms with E-state index in [1.165, 1.54) is 11.3 Å². The number of halogens is 1. The Hall–Kier alpha value is -2.57. The minimum atomic E-state index is -0.102. The summed E-state index contributed by atoms with van der Waals surface area (Å²) in [5, 5.41) is 1.44. The van der Waals surface area contributed by atoms with Crippen LogP contribution in [0.4, 0.5) is 0 Å². The lowest BCUT2D eigenvalue weighted by Gasteiger charge is -2.31. The molecule has 30 heavy (non-hydrogen) atoms. The number of carbonyl (C=O) groups is 2. The Bertz CT molecular complexity index is 1130. The highest BCUT2D eigenvalue weighted by molar-refractivity contribution is 7.21. The van der Waals surface area contributed by atoms with Crippen LogP contribution in [0.15, 0.2) is 42.5 Å². The van der Waals surface area contributed by atoms with E-state index < -0.39 is 0 Å². The summed E-state index contributed by atoms with van der Waals surface area (Å²) in [6.45, 7) is 2.11. The standard InChI is InChI=1S/C23H20ClNO4S/c24-20-16-3-1-2-4-19(16)30-22(20)23(27)25-9-7-14(8-10-25)21(26)15-5-6-17-18(13-15)29-12-11-28-17/h1-6,13-14H,7-12H2. The van der Waals surface area contributed by atoms with Gasteiger partial charge in [0.25, 0.3) is 5.91 Å². The lowest BCUT2D eigenvalue weighted by molar-refractivity contribution is 0.0654. The number of fused-ring (bicyclic) bond motifs is 2. The maximum atomic E-state index is 13.0. The Balaban J connectivity index is 1.27. The summed E-state index contributed by atoms with van der Waals surface area (Å²) in [4.78, 5) is 28.4. The molecule has 3 aromatic rings. The van der Waals surface area contributed by atoms with Crippen LogP contribution < -0.4 is 9.47 Å². The van der Waals surface area contributed by atoms with Crippen molar-refractivity contribution >= 4 is 44.7 Å². The zero-order valence-corrected chi connectivity index (χ0v) is 17.8. The molecule has 154 valence electrons. The highest BCUT2D eigenvalue weighted by Crippen LogP contribution is 2.37. The lowest BCUT2D eigenvalue weighted by atomic mass is 9.88. The third-order valence-electron chi connectivity index (χ3n) is 5.71. The topological polar surface area (TPSA) is 55.8 Å². The molecule has 2 aliphatic rings. The van der Waals surface area contributed by atoms with Gasteiger partial charge in [-0.1, -0.05) is 29.8 Å². The van der Waals surface area contributed by atoms with E-state index in [1.54, 1.807) is 18.2 Å². The first kappa shape index (κ1) is 19.4. The number of likely N-dealkylation sites (tertiary alicyclic amines) is 1. The normalized spacial score (nSPS) is 16.6. The summed E-state index contributed by atoms with van der Waals surface area (Å²) in [7, 11) is 0. The number of thiophene rings is 1. The SMILES string of the molecule is O=C(c1ccc2c(c1)OCCO2)C1CCN(C(=O)c2sc3ccccc3c2Cl)CC1. The lowest BCUT2D eigenvalue weighted by Crippen LogP contribution is -2.40. The predicted molar refractivity (Wildman–Crippen MR) is 117 cm³/mol. The van der Waals surface area contributed by atoms with E-state index in [2.05, 4.69) is 0 Å². The van der Waals surface area contributed by atoms with Crippen molar-refractivity contribution in [3.05, 3.63) is 57.9 Å². The van der Waals surface area contributed by atoms with Crippen LogP contribution in [-0.2, 0) is 0 Å². The average molecular weight is 442 g/mol. The van der Waals surface area contributed by atoms with Crippen molar-refractivity contribution < 1.29 is 19.1 Å². The van der Waals surface area contributed by atoms with Gasteiger partial charge in [0.15, 0.2) is 17.3 Å². The molecule has 3 heterocycles. The Labute approximate surface area is 183 Å². The first-order valence-corrected chi connectivity index (χ1v) is 11.2. The molecule has 0 aliphatic carbocycles. The number of Topliss-reactive ketones (excluding diaryl/α,β-unsaturated/α-hetero) is 1. The Morgan fingerprint density at radius 2 is 1.73 bits per heavy atom. The first-order chi connectivity index (χ1) is 14.6. The predicted octanol–water partition coefficient (Wildman–Crippen LogP) is 5.06. The molecule has 0 bridgehead atoms. The zero-order valence-electron chi connectivity index (χ0n) is 16.2. The number of hydrogen-bond acceptors (Lipinski definition) is 5. The molecule has 2 aromatic carbocycles. The maximum Gasteiger partial charge on any atom is 0.265 e. The van der Waals surface area contributed by atoms with Gasteiger partial charge in [-0.05, 0) is 37.1 Å². The molecule has 1 saturated heterocycles. The minimum Gasteiger partial charge on any atom is -0.486 e. The number of hydrogen-bond donors (Lipinski definition) is 0. The second-order valence-corrected chi connectivity index (χ2v) is 8.96. The van der Waals surface area contributed by atoms with Gasteiger partial charge in [0, 0.05) is 34.7 Å². The van der Waals surface area contributed by atoms with Crippen LogP contribution in [0.3, 0.4) is 0 Å². The molecule has 0 spiro atoms. The van der Waals surface area contributed by atoms with Crippen molar-refractivity contribution in [1.29, 1.82) is 0 Å². The number of ketones is 1. The molecule has 0 N–H and O–H groups in total. The third-order valence-corrected chi connectivity index (χ3v) is 7.37. The maximum absolute atomic E-state index is 13.0.